The SMILES string of the molecule is CC(=CC1(C)CC1(C)C)C(C)(C)C. The number of allylic oxidation sites excluding steroid dienone is 2. The maximum absolute atomic E-state index is 2.49. The molecule has 1 fully saturated rings. The van der Waals surface area contributed by atoms with E-state index in [4.69, 9.17) is 0 Å². The molecule has 0 bridgehead atoms. The molecule has 0 spiro atoms. The molecular weight excluding hydrogens is 156 g/mol. The third-order valence-corrected chi connectivity index (χ3v) is 3.95. The molecule has 13 heavy (non-hydrogen) atoms. The van der Waals surface area contributed by atoms with Gasteiger partial charge in [-0.3, -0.25) is 0 Å². The van der Waals surface area contributed by atoms with Crippen LogP contribution < -0.4 is 0 Å². The lowest BCUT2D eigenvalue weighted by Gasteiger charge is -2.22. The highest BCUT2D eigenvalue weighted by atomic mass is 14.6. The largest absolute Gasteiger partial charge is 0.0786 e. The van der Waals surface area contributed by atoms with Crippen LogP contribution in [0.3, 0.4) is 0 Å². The van der Waals surface area contributed by atoms with Crippen molar-refractivity contribution >= 4 is 0 Å². The van der Waals surface area contributed by atoms with E-state index >= 15 is 0 Å². The fraction of sp³-hybridized carbons (Fsp3) is 0.846. The van der Waals surface area contributed by atoms with E-state index in [0.717, 1.165) is 0 Å². The van der Waals surface area contributed by atoms with Crippen molar-refractivity contribution in [2.45, 2.75) is 54.9 Å². The molecule has 76 valence electrons. The van der Waals surface area contributed by atoms with Crippen LogP contribution >= 0.6 is 0 Å². The molecule has 1 unspecified atom stereocenters. The average molecular weight is 180 g/mol. The lowest BCUT2D eigenvalue weighted by atomic mass is 9.83. The van der Waals surface area contributed by atoms with Crippen LogP contribution in [-0.2, 0) is 0 Å². The van der Waals surface area contributed by atoms with E-state index in [1.807, 2.05) is 0 Å². The van der Waals surface area contributed by atoms with E-state index in [-0.39, 0.29) is 0 Å². The molecule has 0 nitrogen and oxygen atoms in total. The molecule has 0 N–H and O–H groups in total. The van der Waals surface area contributed by atoms with Gasteiger partial charge in [-0.2, -0.15) is 0 Å². The van der Waals surface area contributed by atoms with Crippen molar-refractivity contribution in [2.24, 2.45) is 16.2 Å². The lowest BCUT2D eigenvalue weighted by molar-refractivity contribution is 0.465. The highest BCUT2D eigenvalue weighted by Crippen LogP contribution is 2.64. The van der Waals surface area contributed by atoms with E-state index in [2.05, 4.69) is 54.5 Å². The fourth-order valence-corrected chi connectivity index (χ4v) is 1.81. The van der Waals surface area contributed by atoms with Gasteiger partial charge in [0.15, 0.2) is 0 Å². The van der Waals surface area contributed by atoms with Gasteiger partial charge in [0.05, 0.1) is 0 Å². The molecule has 0 radical (unpaired) electrons. The summed E-state index contributed by atoms with van der Waals surface area (Å²) >= 11 is 0. The molecule has 0 aromatic heterocycles. The number of hydrogen-bond acceptors (Lipinski definition) is 0. The smallest absolute Gasteiger partial charge is 0.00869 e. The van der Waals surface area contributed by atoms with Crippen LogP contribution in [0.2, 0.25) is 0 Å². The fourth-order valence-electron chi connectivity index (χ4n) is 1.81. The van der Waals surface area contributed by atoms with Gasteiger partial charge in [-0.1, -0.05) is 53.2 Å². The van der Waals surface area contributed by atoms with Crippen LogP contribution in [0, 0.1) is 16.2 Å². The zero-order valence-corrected chi connectivity index (χ0v) is 10.3. The van der Waals surface area contributed by atoms with Crippen LogP contribution in [0.5, 0.6) is 0 Å². The monoisotopic (exact) mass is 180 g/mol. The van der Waals surface area contributed by atoms with Crippen molar-refractivity contribution in [3.8, 4) is 0 Å². The van der Waals surface area contributed by atoms with Crippen LogP contribution in [0.25, 0.3) is 0 Å². The van der Waals surface area contributed by atoms with Crippen molar-refractivity contribution < 1.29 is 0 Å². The highest BCUT2D eigenvalue weighted by molar-refractivity contribution is 5.23. The number of rotatable bonds is 1. The summed E-state index contributed by atoms with van der Waals surface area (Å²) in [5.41, 5.74) is 2.85. The minimum Gasteiger partial charge on any atom is -0.0786 e. The third kappa shape index (κ3) is 1.98. The van der Waals surface area contributed by atoms with E-state index in [1.165, 1.54) is 12.0 Å². The normalized spacial score (nSPS) is 33.3. The summed E-state index contributed by atoms with van der Waals surface area (Å²) in [6.07, 6.45) is 3.83. The van der Waals surface area contributed by atoms with Gasteiger partial charge in [0, 0.05) is 0 Å². The number of hydrogen-bond donors (Lipinski definition) is 0. The molecule has 0 heterocycles. The molecule has 1 aliphatic carbocycles. The minimum atomic E-state index is 0.335. The summed E-state index contributed by atoms with van der Waals surface area (Å²) in [7, 11) is 0. The van der Waals surface area contributed by atoms with Gasteiger partial charge in [-0.05, 0) is 29.6 Å². The zero-order valence-electron chi connectivity index (χ0n) is 10.3. The van der Waals surface area contributed by atoms with Gasteiger partial charge in [0.1, 0.15) is 0 Å². The topological polar surface area (TPSA) is 0 Å². The van der Waals surface area contributed by atoms with Gasteiger partial charge in [-0.15, -0.1) is 0 Å². The van der Waals surface area contributed by atoms with Crippen molar-refractivity contribution in [1.82, 2.24) is 0 Å². The van der Waals surface area contributed by atoms with Crippen LogP contribution in [0.4, 0.5) is 0 Å². The zero-order chi connectivity index (χ0) is 10.5. The Labute approximate surface area is 83.4 Å². The lowest BCUT2D eigenvalue weighted by Crippen LogP contribution is -2.10. The Morgan fingerprint density at radius 2 is 1.54 bits per heavy atom. The van der Waals surface area contributed by atoms with E-state index < -0.39 is 0 Å². The molecule has 1 saturated carbocycles. The van der Waals surface area contributed by atoms with Gasteiger partial charge < -0.3 is 0 Å². The first-order valence-electron chi connectivity index (χ1n) is 5.28. The summed E-state index contributed by atoms with van der Waals surface area (Å²) in [5.74, 6) is 0. The maximum Gasteiger partial charge on any atom is -0.00869 e. The Kier molecular flexibility index (Phi) is 2.18. The first-order valence-corrected chi connectivity index (χ1v) is 5.28. The Hall–Kier alpha value is -0.260. The second-order valence-corrected chi connectivity index (χ2v) is 6.56. The summed E-state index contributed by atoms with van der Waals surface area (Å²) in [6.45, 7) is 16.2. The predicted octanol–water partition coefficient (Wildman–Crippen LogP) is 4.42. The summed E-state index contributed by atoms with van der Waals surface area (Å²) in [4.78, 5) is 0. The second kappa shape index (κ2) is 2.62. The summed E-state index contributed by atoms with van der Waals surface area (Å²) in [6, 6.07) is 0. The third-order valence-electron chi connectivity index (χ3n) is 3.95. The minimum absolute atomic E-state index is 0.335. The molecule has 0 saturated heterocycles. The molecular formula is C13H24. The van der Waals surface area contributed by atoms with Gasteiger partial charge in [0.25, 0.3) is 0 Å². The molecule has 0 heteroatoms. The van der Waals surface area contributed by atoms with Crippen molar-refractivity contribution in [3.63, 3.8) is 0 Å². The first kappa shape index (κ1) is 10.8. The van der Waals surface area contributed by atoms with Crippen LogP contribution in [0.15, 0.2) is 11.6 Å². The maximum atomic E-state index is 2.49. The van der Waals surface area contributed by atoms with Gasteiger partial charge in [-0.25, -0.2) is 0 Å². The predicted molar refractivity (Wildman–Crippen MR) is 59.7 cm³/mol. The Morgan fingerprint density at radius 3 is 1.77 bits per heavy atom. The Balaban J connectivity index is 2.80. The molecule has 0 aromatic rings. The van der Waals surface area contributed by atoms with Crippen LogP contribution in [0.1, 0.15) is 54.9 Å². The quantitative estimate of drug-likeness (QED) is 0.524. The summed E-state index contributed by atoms with van der Waals surface area (Å²) in [5, 5.41) is 0. The van der Waals surface area contributed by atoms with Crippen molar-refractivity contribution in [3.05, 3.63) is 11.6 Å². The van der Waals surface area contributed by atoms with Crippen molar-refractivity contribution in [1.29, 1.82) is 0 Å². The van der Waals surface area contributed by atoms with E-state index in [9.17, 15) is 0 Å². The molecule has 1 aliphatic rings. The molecule has 1 rings (SSSR count). The van der Waals surface area contributed by atoms with Crippen LogP contribution in [-0.4, -0.2) is 0 Å². The molecule has 0 aromatic carbocycles. The molecule has 1 atom stereocenters. The summed E-state index contributed by atoms with van der Waals surface area (Å²) < 4.78 is 0. The molecule has 0 amide bonds. The highest BCUT2D eigenvalue weighted by Gasteiger charge is 2.55. The second-order valence-electron chi connectivity index (χ2n) is 6.56. The van der Waals surface area contributed by atoms with Gasteiger partial charge >= 0.3 is 0 Å². The molecule has 0 aliphatic heterocycles. The first-order chi connectivity index (χ1) is 5.58. The standard InChI is InChI=1S/C13H24/c1-10(11(2,3)4)8-13(7)9-12(13,5)6/h8H,9H2,1-7H3. The van der Waals surface area contributed by atoms with E-state index in [0.29, 0.717) is 16.2 Å². The van der Waals surface area contributed by atoms with E-state index in [1.54, 1.807) is 0 Å². The Morgan fingerprint density at radius 1 is 1.15 bits per heavy atom. The van der Waals surface area contributed by atoms with Crippen molar-refractivity contribution in [2.75, 3.05) is 0 Å². The average Bonchev–Trinajstić information content (AvgIpc) is 2.28. The van der Waals surface area contributed by atoms with Gasteiger partial charge in [0.2, 0.25) is 0 Å². The Bertz CT molecular complexity index is 237.